The van der Waals surface area contributed by atoms with Crippen LogP contribution in [0.1, 0.15) is 12.5 Å². The van der Waals surface area contributed by atoms with Crippen molar-refractivity contribution in [3.63, 3.8) is 0 Å². The summed E-state index contributed by atoms with van der Waals surface area (Å²) >= 11 is 6.14. The number of hydrogen-bond donors (Lipinski definition) is 2. The van der Waals surface area contributed by atoms with Crippen molar-refractivity contribution in [2.45, 2.75) is 12.5 Å². The number of benzene rings is 2. The van der Waals surface area contributed by atoms with Gasteiger partial charge in [-0.3, -0.25) is 4.79 Å². The van der Waals surface area contributed by atoms with Crippen LogP contribution in [0.25, 0.3) is 0 Å². The summed E-state index contributed by atoms with van der Waals surface area (Å²) in [6.45, 7) is 1.72. The number of amides is 1. The standard InChI is InChI=1S/C16H17ClN2O2/c1-16(15(18)20,11-6-5-7-12(10-11)21-2)19-14-9-4-3-8-13(14)17/h3-10,19H,1-2H3,(H2,18,20). The van der Waals surface area contributed by atoms with Gasteiger partial charge >= 0.3 is 0 Å². The van der Waals surface area contributed by atoms with Crippen LogP contribution in [0.4, 0.5) is 5.69 Å². The van der Waals surface area contributed by atoms with Gasteiger partial charge in [0.05, 0.1) is 17.8 Å². The number of hydrogen-bond acceptors (Lipinski definition) is 3. The first kappa shape index (κ1) is 15.2. The van der Waals surface area contributed by atoms with Crippen molar-refractivity contribution in [1.82, 2.24) is 0 Å². The Hall–Kier alpha value is -2.20. The van der Waals surface area contributed by atoms with Crippen LogP contribution in [0.2, 0.25) is 5.02 Å². The van der Waals surface area contributed by atoms with Gasteiger partial charge in [-0.15, -0.1) is 0 Å². The number of carbonyl (C=O) groups is 1. The summed E-state index contributed by atoms with van der Waals surface area (Å²) in [4.78, 5) is 12.0. The zero-order chi connectivity index (χ0) is 15.5. The Morgan fingerprint density at radius 1 is 1.24 bits per heavy atom. The van der Waals surface area contributed by atoms with Crippen LogP contribution < -0.4 is 15.8 Å². The molecule has 0 spiro atoms. The normalized spacial score (nSPS) is 13.3. The summed E-state index contributed by atoms with van der Waals surface area (Å²) in [5.74, 6) is 0.150. The maximum atomic E-state index is 12.0. The molecular formula is C16H17ClN2O2. The van der Waals surface area contributed by atoms with E-state index in [-0.39, 0.29) is 0 Å². The number of halogens is 1. The van der Waals surface area contributed by atoms with E-state index in [0.29, 0.717) is 22.0 Å². The molecule has 1 amide bonds. The fourth-order valence-electron chi connectivity index (χ4n) is 2.04. The van der Waals surface area contributed by atoms with Gasteiger partial charge in [0.25, 0.3) is 0 Å². The van der Waals surface area contributed by atoms with Crippen molar-refractivity contribution in [2.24, 2.45) is 5.73 Å². The van der Waals surface area contributed by atoms with Gasteiger partial charge in [0.1, 0.15) is 11.3 Å². The summed E-state index contributed by atoms with van der Waals surface area (Å²) in [5.41, 5.74) is 5.85. The molecule has 0 radical (unpaired) electrons. The van der Waals surface area contributed by atoms with Gasteiger partial charge in [-0.25, -0.2) is 0 Å². The van der Waals surface area contributed by atoms with E-state index in [2.05, 4.69) is 5.32 Å². The van der Waals surface area contributed by atoms with Gasteiger partial charge in [-0.1, -0.05) is 35.9 Å². The maximum absolute atomic E-state index is 12.0. The highest BCUT2D eigenvalue weighted by atomic mass is 35.5. The highest BCUT2D eigenvalue weighted by molar-refractivity contribution is 6.33. The van der Waals surface area contributed by atoms with Crippen molar-refractivity contribution in [1.29, 1.82) is 0 Å². The molecule has 1 atom stereocenters. The average molecular weight is 305 g/mol. The van der Waals surface area contributed by atoms with E-state index in [9.17, 15) is 4.79 Å². The lowest BCUT2D eigenvalue weighted by molar-refractivity contribution is -0.122. The van der Waals surface area contributed by atoms with Crippen LogP contribution in [-0.2, 0) is 10.3 Å². The van der Waals surface area contributed by atoms with Crippen molar-refractivity contribution in [2.75, 3.05) is 12.4 Å². The van der Waals surface area contributed by atoms with Crippen LogP contribution in [0.5, 0.6) is 5.75 Å². The highest BCUT2D eigenvalue weighted by Crippen LogP contribution is 2.31. The molecule has 4 nitrogen and oxygen atoms in total. The Balaban J connectivity index is 2.45. The van der Waals surface area contributed by atoms with Gasteiger partial charge in [0.2, 0.25) is 5.91 Å². The lowest BCUT2D eigenvalue weighted by Gasteiger charge is -2.30. The molecule has 0 saturated heterocycles. The molecule has 110 valence electrons. The first-order valence-corrected chi connectivity index (χ1v) is 6.82. The number of rotatable bonds is 5. The second kappa shape index (κ2) is 6.06. The number of primary amides is 1. The fourth-order valence-corrected chi connectivity index (χ4v) is 2.23. The lowest BCUT2D eigenvalue weighted by atomic mass is 9.90. The number of anilines is 1. The smallest absolute Gasteiger partial charge is 0.247 e. The summed E-state index contributed by atoms with van der Waals surface area (Å²) in [6, 6.07) is 14.4. The van der Waals surface area contributed by atoms with Crippen molar-refractivity contribution in [3.05, 3.63) is 59.1 Å². The molecule has 1 unspecified atom stereocenters. The molecule has 0 aliphatic rings. The minimum Gasteiger partial charge on any atom is -0.497 e. The topological polar surface area (TPSA) is 64.3 Å². The molecule has 0 aromatic heterocycles. The van der Waals surface area contributed by atoms with E-state index in [1.807, 2.05) is 24.3 Å². The third kappa shape index (κ3) is 3.11. The Kier molecular flexibility index (Phi) is 4.38. The van der Waals surface area contributed by atoms with Crippen LogP contribution in [0, 0.1) is 0 Å². The van der Waals surface area contributed by atoms with Crippen molar-refractivity contribution in [3.8, 4) is 5.75 Å². The molecule has 0 fully saturated rings. The number of nitrogens with one attached hydrogen (secondary N) is 1. The Bertz CT molecular complexity index is 660. The average Bonchev–Trinajstić information content (AvgIpc) is 2.49. The van der Waals surface area contributed by atoms with Gasteiger partial charge in [0.15, 0.2) is 0 Å². The SMILES string of the molecule is COc1cccc(C(C)(Nc2ccccc2Cl)C(N)=O)c1. The maximum Gasteiger partial charge on any atom is 0.247 e. The van der Waals surface area contributed by atoms with Gasteiger partial charge in [0, 0.05) is 0 Å². The first-order valence-electron chi connectivity index (χ1n) is 6.44. The number of carbonyl (C=O) groups excluding carboxylic acids is 1. The molecule has 3 N–H and O–H groups in total. The van der Waals surface area contributed by atoms with Crippen molar-refractivity contribution >= 4 is 23.2 Å². The van der Waals surface area contributed by atoms with Crippen LogP contribution in [-0.4, -0.2) is 13.0 Å². The molecule has 0 heterocycles. The second-order valence-electron chi connectivity index (χ2n) is 4.83. The van der Waals surface area contributed by atoms with Crippen LogP contribution >= 0.6 is 11.6 Å². The molecule has 0 saturated carbocycles. The molecule has 0 bridgehead atoms. The van der Waals surface area contributed by atoms with E-state index >= 15 is 0 Å². The molecule has 0 aliphatic heterocycles. The number of ether oxygens (including phenoxy) is 1. The second-order valence-corrected chi connectivity index (χ2v) is 5.23. The number of para-hydroxylation sites is 1. The third-order valence-corrected chi connectivity index (χ3v) is 3.73. The summed E-state index contributed by atoms with van der Waals surface area (Å²) < 4.78 is 5.20. The quantitative estimate of drug-likeness (QED) is 0.892. The number of nitrogens with two attached hydrogens (primary N) is 1. The molecule has 2 aromatic carbocycles. The minimum atomic E-state index is -1.10. The molecule has 5 heteroatoms. The van der Waals surface area contributed by atoms with E-state index in [4.69, 9.17) is 22.1 Å². The Morgan fingerprint density at radius 2 is 1.95 bits per heavy atom. The van der Waals surface area contributed by atoms with E-state index in [1.54, 1.807) is 38.3 Å². The molecular weight excluding hydrogens is 288 g/mol. The van der Waals surface area contributed by atoms with E-state index in [1.165, 1.54) is 0 Å². The number of methoxy groups -OCH3 is 1. The zero-order valence-corrected chi connectivity index (χ0v) is 12.6. The summed E-state index contributed by atoms with van der Waals surface area (Å²) in [7, 11) is 1.57. The molecule has 2 rings (SSSR count). The van der Waals surface area contributed by atoms with Crippen LogP contribution in [0.3, 0.4) is 0 Å². The lowest BCUT2D eigenvalue weighted by Crippen LogP contribution is -2.45. The summed E-state index contributed by atoms with van der Waals surface area (Å²) in [6.07, 6.45) is 0. The van der Waals surface area contributed by atoms with Gasteiger partial charge in [-0.2, -0.15) is 0 Å². The largest absolute Gasteiger partial charge is 0.497 e. The van der Waals surface area contributed by atoms with Crippen LogP contribution in [0.15, 0.2) is 48.5 Å². The molecule has 0 aliphatic carbocycles. The predicted molar refractivity (Wildman–Crippen MR) is 84.6 cm³/mol. The Labute approximate surface area is 128 Å². The fraction of sp³-hybridized carbons (Fsp3) is 0.188. The van der Waals surface area contributed by atoms with Crippen molar-refractivity contribution < 1.29 is 9.53 Å². The monoisotopic (exact) mass is 304 g/mol. The third-order valence-electron chi connectivity index (χ3n) is 3.40. The first-order chi connectivity index (χ1) is 9.97. The minimum absolute atomic E-state index is 0.504. The predicted octanol–water partition coefficient (Wildman–Crippen LogP) is 3.16. The van der Waals surface area contributed by atoms with E-state index < -0.39 is 11.4 Å². The van der Waals surface area contributed by atoms with Gasteiger partial charge in [-0.05, 0) is 36.8 Å². The molecule has 21 heavy (non-hydrogen) atoms. The highest BCUT2D eigenvalue weighted by Gasteiger charge is 2.34. The van der Waals surface area contributed by atoms with Gasteiger partial charge < -0.3 is 15.8 Å². The molecule has 2 aromatic rings. The summed E-state index contributed by atoms with van der Waals surface area (Å²) in [5, 5.41) is 3.65. The van der Waals surface area contributed by atoms with E-state index in [0.717, 1.165) is 0 Å². The Morgan fingerprint density at radius 3 is 2.57 bits per heavy atom. The zero-order valence-electron chi connectivity index (χ0n) is 11.9.